The zero-order valence-corrected chi connectivity index (χ0v) is 11.6. The van der Waals surface area contributed by atoms with Crippen LogP contribution in [0.4, 0.5) is 0 Å². The lowest BCUT2D eigenvalue weighted by atomic mass is 10.1. The molecule has 1 aliphatic rings. The minimum Gasteiger partial charge on any atom is -0.293 e. The van der Waals surface area contributed by atoms with Gasteiger partial charge in [0.05, 0.1) is 5.69 Å². The maximum absolute atomic E-state index is 4.48. The van der Waals surface area contributed by atoms with Crippen LogP contribution in [-0.4, -0.2) is 27.8 Å². The molecule has 0 amide bonds. The molecule has 1 saturated heterocycles. The van der Waals surface area contributed by atoms with Gasteiger partial charge < -0.3 is 0 Å². The van der Waals surface area contributed by atoms with Crippen LogP contribution in [0.15, 0.2) is 18.3 Å². The highest BCUT2D eigenvalue weighted by molar-refractivity contribution is 9.09. The molecule has 16 heavy (non-hydrogen) atoms. The van der Waals surface area contributed by atoms with E-state index in [0.717, 1.165) is 17.8 Å². The van der Waals surface area contributed by atoms with Gasteiger partial charge in [-0.15, -0.1) is 0 Å². The van der Waals surface area contributed by atoms with Crippen molar-refractivity contribution in [3.8, 4) is 0 Å². The normalized spacial score (nSPS) is 26.2. The molecular formula is C13H19BrN2. The summed E-state index contributed by atoms with van der Waals surface area (Å²) in [4.78, 5) is 7.03. The molecule has 0 spiro atoms. The Kier molecular flexibility index (Phi) is 3.98. The number of hydrogen-bond acceptors (Lipinski definition) is 2. The summed E-state index contributed by atoms with van der Waals surface area (Å²) in [6.07, 6.45) is 3.20. The van der Waals surface area contributed by atoms with E-state index in [4.69, 9.17) is 0 Å². The van der Waals surface area contributed by atoms with Gasteiger partial charge in [-0.25, -0.2) is 0 Å². The molecule has 0 bridgehead atoms. The number of pyridine rings is 1. The van der Waals surface area contributed by atoms with Gasteiger partial charge in [-0.2, -0.15) is 0 Å². The lowest BCUT2D eigenvalue weighted by Crippen LogP contribution is -2.33. The van der Waals surface area contributed by atoms with Gasteiger partial charge in [-0.1, -0.05) is 28.9 Å². The van der Waals surface area contributed by atoms with Crippen molar-refractivity contribution in [2.24, 2.45) is 5.92 Å². The van der Waals surface area contributed by atoms with Crippen LogP contribution in [0.5, 0.6) is 0 Å². The summed E-state index contributed by atoms with van der Waals surface area (Å²) in [5.74, 6) is 0.795. The van der Waals surface area contributed by atoms with E-state index in [1.54, 1.807) is 0 Å². The second kappa shape index (κ2) is 5.28. The van der Waals surface area contributed by atoms with Crippen molar-refractivity contribution in [3.63, 3.8) is 0 Å². The lowest BCUT2D eigenvalue weighted by Gasteiger charge is -2.25. The smallest absolute Gasteiger partial charge is 0.0573 e. The largest absolute Gasteiger partial charge is 0.293 e. The number of likely N-dealkylation sites (tertiary alicyclic amines) is 1. The molecule has 1 aromatic heterocycles. The van der Waals surface area contributed by atoms with Crippen LogP contribution in [-0.2, 0) is 6.54 Å². The number of aryl methyl sites for hydroxylation is 1. The van der Waals surface area contributed by atoms with Crippen LogP contribution in [0.25, 0.3) is 0 Å². The first-order chi connectivity index (χ1) is 7.72. The fourth-order valence-electron chi connectivity index (χ4n) is 2.41. The summed E-state index contributed by atoms with van der Waals surface area (Å²) in [5, 5.41) is 1.07. The van der Waals surface area contributed by atoms with E-state index < -0.39 is 0 Å². The van der Waals surface area contributed by atoms with Gasteiger partial charge in [-0.3, -0.25) is 9.88 Å². The SMILES string of the molecule is Cc1cccnc1CN1CCC(C)C1CBr. The van der Waals surface area contributed by atoms with Gasteiger partial charge in [0.15, 0.2) is 0 Å². The third-order valence-electron chi connectivity index (χ3n) is 3.63. The predicted molar refractivity (Wildman–Crippen MR) is 70.7 cm³/mol. The summed E-state index contributed by atoms with van der Waals surface area (Å²) in [5.41, 5.74) is 2.53. The van der Waals surface area contributed by atoms with Crippen molar-refractivity contribution >= 4 is 15.9 Å². The van der Waals surface area contributed by atoms with E-state index in [0.29, 0.717) is 6.04 Å². The molecular weight excluding hydrogens is 264 g/mol. The van der Waals surface area contributed by atoms with Crippen LogP contribution in [0, 0.1) is 12.8 Å². The number of alkyl halides is 1. The van der Waals surface area contributed by atoms with Crippen LogP contribution >= 0.6 is 15.9 Å². The summed E-state index contributed by atoms with van der Waals surface area (Å²) < 4.78 is 0. The highest BCUT2D eigenvalue weighted by Gasteiger charge is 2.30. The van der Waals surface area contributed by atoms with Crippen molar-refractivity contribution in [1.82, 2.24) is 9.88 Å². The fourth-order valence-corrected chi connectivity index (χ4v) is 3.46. The zero-order chi connectivity index (χ0) is 11.5. The summed E-state index contributed by atoms with van der Waals surface area (Å²) in [6.45, 7) is 6.68. The molecule has 2 rings (SSSR count). The van der Waals surface area contributed by atoms with Crippen molar-refractivity contribution in [3.05, 3.63) is 29.6 Å². The van der Waals surface area contributed by atoms with Crippen molar-refractivity contribution < 1.29 is 0 Å². The second-order valence-corrected chi connectivity index (χ2v) is 5.37. The van der Waals surface area contributed by atoms with Crippen LogP contribution < -0.4 is 0 Å². The molecule has 0 aliphatic carbocycles. The molecule has 2 unspecified atom stereocenters. The Bertz CT molecular complexity index is 354. The Balaban J connectivity index is 2.08. The second-order valence-electron chi connectivity index (χ2n) is 4.73. The highest BCUT2D eigenvalue weighted by atomic mass is 79.9. The van der Waals surface area contributed by atoms with Crippen LogP contribution in [0.3, 0.4) is 0 Å². The average Bonchev–Trinajstić information content (AvgIpc) is 2.63. The Morgan fingerprint density at radius 1 is 1.56 bits per heavy atom. The van der Waals surface area contributed by atoms with E-state index >= 15 is 0 Å². The van der Waals surface area contributed by atoms with Crippen molar-refractivity contribution in [1.29, 1.82) is 0 Å². The van der Waals surface area contributed by atoms with Gasteiger partial charge >= 0.3 is 0 Å². The summed E-state index contributed by atoms with van der Waals surface area (Å²) >= 11 is 3.63. The molecule has 0 saturated carbocycles. The first-order valence-corrected chi connectivity index (χ1v) is 7.05. The van der Waals surface area contributed by atoms with Gasteiger partial charge in [0.25, 0.3) is 0 Å². The van der Waals surface area contributed by atoms with E-state index in [9.17, 15) is 0 Å². The zero-order valence-electron chi connectivity index (χ0n) is 9.99. The number of aromatic nitrogens is 1. The topological polar surface area (TPSA) is 16.1 Å². The molecule has 0 N–H and O–H groups in total. The van der Waals surface area contributed by atoms with E-state index in [-0.39, 0.29) is 0 Å². The Morgan fingerprint density at radius 2 is 2.38 bits per heavy atom. The standard InChI is InChI=1S/C13H19BrN2/c1-10-4-3-6-15-12(10)9-16-7-5-11(2)13(16)8-14/h3-4,6,11,13H,5,7-9H2,1-2H3. The maximum atomic E-state index is 4.48. The lowest BCUT2D eigenvalue weighted by molar-refractivity contribution is 0.241. The molecule has 88 valence electrons. The van der Waals surface area contributed by atoms with Crippen LogP contribution in [0.1, 0.15) is 24.6 Å². The molecule has 3 heteroatoms. The number of nitrogens with zero attached hydrogens (tertiary/aromatic N) is 2. The van der Waals surface area contributed by atoms with Gasteiger partial charge in [-0.05, 0) is 37.4 Å². The number of halogens is 1. The predicted octanol–water partition coefficient (Wildman–Crippen LogP) is 3.00. The minimum absolute atomic E-state index is 0.668. The molecule has 1 aromatic rings. The highest BCUT2D eigenvalue weighted by Crippen LogP contribution is 2.26. The van der Waals surface area contributed by atoms with E-state index in [1.807, 2.05) is 12.3 Å². The quantitative estimate of drug-likeness (QED) is 0.793. The summed E-state index contributed by atoms with van der Waals surface area (Å²) in [7, 11) is 0. The average molecular weight is 283 g/mol. The van der Waals surface area contributed by atoms with Crippen molar-refractivity contribution in [2.45, 2.75) is 32.9 Å². The van der Waals surface area contributed by atoms with E-state index in [2.05, 4.69) is 45.7 Å². The van der Waals surface area contributed by atoms with Crippen LogP contribution in [0.2, 0.25) is 0 Å². The Morgan fingerprint density at radius 3 is 3.06 bits per heavy atom. The van der Waals surface area contributed by atoms with Gasteiger partial charge in [0.2, 0.25) is 0 Å². The number of hydrogen-bond donors (Lipinski definition) is 0. The van der Waals surface area contributed by atoms with Gasteiger partial charge in [0, 0.05) is 24.1 Å². The monoisotopic (exact) mass is 282 g/mol. The van der Waals surface area contributed by atoms with Crippen molar-refractivity contribution in [2.75, 3.05) is 11.9 Å². The molecule has 2 atom stereocenters. The molecule has 1 aliphatic heterocycles. The molecule has 1 fully saturated rings. The Hall–Kier alpha value is -0.410. The first kappa shape index (κ1) is 12.1. The third-order valence-corrected chi connectivity index (χ3v) is 4.29. The molecule has 2 heterocycles. The number of rotatable bonds is 3. The molecule has 2 nitrogen and oxygen atoms in total. The Labute approximate surface area is 106 Å². The minimum atomic E-state index is 0.668. The molecule has 0 aromatic carbocycles. The molecule has 0 radical (unpaired) electrons. The fraction of sp³-hybridized carbons (Fsp3) is 0.615. The third kappa shape index (κ3) is 2.46. The summed E-state index contributed by atoms with van der Waals surface area (Å²) in [6, 6.07) is 4.82. The first-order valence-electron chi connectivity index (χ1n) is 5.93. The van der Waals surface area contributed by atoms with Gasteiger partial charge in [0.1, 0.15) is 0 Å². The van der Waals surface area contributed by atoms with E-state index in [1.165, 1.54) is 24.2 Å². The maximum Gasteiger partial charge on any atom is 0.0573 e.